The van der Waals surface area contributed by atoms with Crippen molar-refractivity contribution in [2.75, 3.05) is 11.9 Å². The van der Waals surface area contributed by atoms with E-state index in [2.05, 4.69) is 15.3 Å². The number of aromatic nitrogens is 2. The summed E-state index contributed by atoms with van der Waals surface area (Å²) in [6.45, 7) is 9.29. The fourth-order valence-electron chi connectivity index (χ4n) is 2.19. The molecule has 32 heavy (non-hydrogen) atoms. The summed E-state index contributed by atoms with van der Waals surface area (Å²) in [7, 11) is 0. The number of hydrogen-bond donors (Lipinski definition) is 3. The van der Waals surface area contributed by atoms with Crippen molar-refractivity contribution in [3.05, 3.63) is 53.0 Å². The summed E-state index contributed by atoms with van der Waals surface area (Å²) in [4.78, 5) is 29.6. The smallest absolute Gasteiger partial charge is 0.475 e. The summed E-state index contributed by atoms with van der Waals surface area (Å²) >= 11 is 0. The molecular formula is C21H27F3N4O4. The molecule has 0 atom stereocenters. The number of nitrogens with two attached hydrogens (primary N) is 1. The number of carbonyl (C=O) groups is 2. The van der Waals surface area contributed by atoms with Crippen LogP contribution in [0.3, 0.4) is 0 Å². The maximum absolute atomic E-state index is 12.0. The quantitative estimate of drug-likeness (QED) is 0.562. The van der Waals surface area contributed by atoms with E-state index in [1.54, 1.807) is 6.92 Å². The van der Waals surface area contributed by atoms with Crippen LogP contribution in [0, 0.1) is 0 Å². The Balaban J connectivity index is 0.000000633. The van der Waals surface area contributed by atoms with E-state index in [4.69, 9.17) is 20.4 Å². The number of anilines is 1. The highest BCUT2D eigenvalue weighted by atomic mass is 19.4. The third-order valence-electron chi connectivity index (χ3n) is 3.93. The fraction of sp³-hybridized carbons (Fsp3) is 0.429. The summed E-state index contributed by atoms with van der Waals surface area (Å²) in [5.74, 6) is -2.59. The average molecular weight is 456 g/mol. The number of rotatable bonds is 6. The molecule has 0 radical (unpaired) electrons. The summed E-state index contributed by atoms with van der Waals surface area (Å²) in [6.07, 6.45) is -5.08. The molecule has 2 rings (SSSR count). The predicted molar refractivity (Wildman–Crippen MR) is 112 cm³/mol. The lowest BCUT2D eigenvalue weighted by Crippen LogP contribution is -2.21. The van der Waals surface area contributed by atoms with Gasteiger partial charge in [-0.05, 0) is 18.1 Å². The maximum Gasteiger partial charge on any atom is 0.490 e. The first-order valence-corrected chi connectivity index (χ1v) is 9.66. The van der Waals surface area contributed by atoms with Crippen LogP contribution < -0.4 is 11.1 Å². The Hall–Kier alpha value is -3.21. The number of alkyl halides is 3. The fourth-order valence-corrected chi connectivity index (χ4v) is 2.19. The van der Waals surface area contributed by atoms with Crippen LogP contribution in [0.4, 0.5) is 19.0 Å². The molecule has 2 aromatic rings. The Labute approximate surface area is 184 Å². The van der Waals surface area contributed by atoms with E-state index in [0.717, 1.165) is 16.8 Å². The Bertz CT molecular complexity index is 911. The minimum absolute atomic E-state index is 0.0789. The number of halogens is 3. The van der Waals surface area contributed by atoms with E-state index < -0.39 is 18.1 Å². The number of carboxylic acid groups (broad SMARTS) is 1. The van der Waals surface area contributed by atoms with E-state index in [-0.39, 0.29) is 17.8 Å². The molecule has 4 N–H and O–H groups in total. The molecule has 0 aliphatic carbocycles. The van der Waals surface area contributed by atoms with Crippen LogP contribution in [0.15, 0.2) is 30.3 Å². The largest absolute Gasteiger partial charge is 0.490 e. The van der Waals surface area contributed by atoms with Crippen LogP contribution in [0.25, 0.3) is 0 Å². The number of hydrogen-bond acceptors (Lipinski definition) is 7. The molecule has 0 aliphatic rings. The highest BCUT2D eigenvalue weighted by molar-refractivity contribution is 5.85. The van der Waals surface area contributed by atoms with Gasteiger partial charge in [-0.3, -0.25) is 0 Å². The molecular weight excluding hydrogens is 429 g/mol. The molecule has 0 bridgehead atoms. The average Bonchev–Trinajstić information content (AvgIpc) is 2.71. The van der Waals surface area contributed by atoms with Crippen molar-refractivity contribution in [1.82, 2.24) is 9.97 Å². The summed E-state index contributed by atoms with van der Waals surface area (Å²) < 4.78 is 36.8. The van der Waals surface area contributed by atoms with Crippen molar-refractivity contribution in [2.45, 2.75) is 52.4 Å². The second kappa shape index (κ2) is 11.4. The zero-order valence-corrected chi connectivity index (χ0v) is 18.3. The van der Waals surface area contributed by atoms with Gasteiger partial charge in [0.1, 0.15) is 5.82 Å². The van der Waals surface area contributed by atoms with Crippen LogP contribution in [-0.4, -0.2) is 39.8 Å². The van der Waals surface area contributed by atoms with Crippen molar-refractivity contribution < 1.29 is 32.6 Å². The highest BCUT2D eigenvalue weighted by Crippen LogP contribution is 2.23. The Morgan fingerprint density at radius 3 is 2.06 bits per heavy atom. The molecule has 11 heteroatoms. The van der Waals surface area contributed by atoms with E-state index in [1.165, 1.54) is 0 Å². The van der Waals surface area contributed by atoms with Crippen molar-refractivity contribution in [1.29, 1.82) is 0 Å². The zero-order valence-electron chi connectivity index (χ0n) is 18.3. The molecule has 0 spiro atoms. The highest BCUT2D eigenvalue weighted by Gasteiger charge is 2.38. The van der Waals surface area contributed by atoms with Crippen molar-refractivity contribution in [2.24, 2.45) is 5.73 Å². The molecule has 0 saturated heterocycles. The third kappa shape index (κ3) is 8.88. The van der Waals surface area contributed by atoms with Crippen LogP contribution in [0.2, 0.25) is 0 Å². The minimum atomic E-state index is -5.08. The van der Waals surface area contributed by atoms with Gasteiger partial charge in [0, 0.05) is 24.6 Å². The van der Waals surface area contributed by atoms with Gasteiger partial charge in [0.15, 0.2) is 0 Å². The van der Waals surface area contributed by atoms with Gasteiger partial charge in [-0.15, -0.1) is 0 Å². The topological polar surface area (TPSA) is 127 Å². The zero-order chi connectivity index (χ0) is 24.5. The molecule has 176 valence electrons. The minimum Gasteiger partial charge on any atom is -0.475 e. The van der Waals surface area contributed by atoms with Gasteiger partial charge in [-0.1, -0.05) is 45.0 Å². The predicted octanol–water partition coefficient (Wildman–Crippen LogP) is 3.65. The number of carbonyl (C=O) groups excluding carboxylic acids is 1. The standard InChI is InChI=1S/C19H26N4O2.C2HF3O2/c1-5-25-18(24)17-22-15(19(2,3)4)10-16(23-17)21-12-14-8-6-13(11-20)7-9-14;3-2(4,5)1(6)7/h6-10H,5,11-12,20H2,1-4H3,(H,21,22,23);(H,6,7). The van der Waals surface area contributed by atoms with Gasteiger partial charge in [0.05, 0.1) is 12.3 Å². The molecule has 0 saturated carbocycles. The number of nitrogens with one attached hydrogen (secondary N) is 1. The second-order valence-corrected chi connectivity index (χ2v) is 7.61. The number of ether oxygens (including phenoxy) is 1. The lowest BCUT2D eigenvalue weighted by molar-refractivity contribution is -0.192. The number of aliphatic carboxylic acids is 1. The Morgan fingerprint density at radius 1 is 1.09 bits per heavy atom. The molecule has 0 fully saturated rings. The van der Waals surface area contributed by atoms with Gasteiger partial charge in [-0.2, -0.15) is 13.2 Å². The van der Waals surface area contributed by atoms with Crippen molar-refractivity contribution >= 4 is 17.8 Å². The van der Waals surface area contributed by atoms with Crippen LogP contribution >= 0.6 is 0 Å². The number of carboxylic acids is 1. The number of esters is 1. The third-order valence-corrected chi connectivity index (χ3v) is 3.93. The maximum atomic E-state index is 12.0. The Kier molecular flexibility index (Phi) is 9.57. The summed E-state index contributed by atoms with van der Waals surface area (Å²) in [6, 6.07) is 9.92. The lowest BCUT2D eigenvalue weighted by atomic mass is 9.92. The SMILES string of the molecule is CCOC(=O)c1nc(NCc2ccc(CN)cc2)cc(C(C)(C)C)n1.O=C(O)C(F)(F)F. The van der Waals surface area contributed by atoms with Gasteiger partial charge in [0.2, 0.25) is 5.82 Å². The molecule has 0 unspecified atom stereocenters. The van der Waals surface area contributed by atoms with Crippen LogP contribution in [0.5, 0.6) is 0 Å². The molecule has 1 heterocycles. The van der Waals surface area contributed by atoms with E-state index in [0.29, 0.717) is 18.9 Å². The number of nitrogens with zero attached hydrogens (tertiary/aromatic N) is 2. The number of benzene rings is 1. The van der Waals surface area contributed by atoms with Crippen LogP contribution in [0.1, 0.15) is 55.1 Å². The van der Waals surface area contributed by atoms with Crippen LogP contribution in [-0.2, 0) is 28.0 Å². The summed E-state index contributed by atoms with van der Waals surface area (Å²) in [5, 5.41) is 10.4. The van der Waals surface area contributed by atoms with Gasteiger partial charge < -0.3 is 20.9 Å². The monoisotopic (exact) mass is 456 g/mol. The van der Waals surface area contributed by atoms with Gasteiger partial charge in [0.25, 0.3) is 0 Å². The van der Waals surface area contributed by atoms with E-state index in [9.17, 15) is 18.0 Å². The molecule has 8 nitrogen and oxygen atoms in total. The Morgan fingerprint density at radius 2 is 1.62 bits per heavy atom. The molecule has 1 aromatic carbocycles. The van der Waals surface area contributed by atoms with Crippen molar-refractivity contribution in [3.8, 4) is 0 Å². The molecule has 0 aliphatic heterocycles. The normalized spacial score (nSPS) is 11.2. The first-order valence-electron chi connectivity index (χ1n) is 9.66. The first kappa shape index (κ1) is 26.8. The first-order chi connectivity index (χ1) is 14.8. The second-order valence-electron chi connectivity index (χ2n) is 7.61. The lowest BCUT2D eigenvalue weighted by Gasteiger charge is -2.19. The molecule has 0 amide bonds. The van der Waals surface area contributed by atoms with Gasteiger partial charge in [-0.25, -0.2) is 19.6 Å². The van der Waals surface area contributed by atoms with Gasteiger partial charge >= 0.3 is 18.1 Å². The van der Waals surface area contributed by atoms with Crippen molar-refractivity contribution in [3.63, 3.8) is 0 Å². The molecule has 1 aromatic heterocycles. The summed E-state index contributed by atoms with van der Waals surface area (Å²) in [5.41, 5.74) is 8.39. The van der Waals surface area contributed by atoms with E-state index >= 15 is 0 Å². The van der Waals surface area contributed by atoms with E-state index in [1.807, 2.05) is 51.1 Å².